The molecule has 198 valence electrons. The summed E-state index contributed by atoms with van der Waals surface area (Å²) in [6, 6.07) is 16.9. The van der Waals surface area contributed by atoms with Gasteiger partial charge in [-0.1, -0.05) is 44.2 Å². The van der Waals surface area contributed by atoms with Crippen LogP contribution in [0.1, 0.15) is 60.8 Å². The molecule has 0 aliphatic rings. The van der Waals surface area contributed by atoms with Crippen LogP contribution in [0.2, 0.25) is 0 Å². The highest BCUT2D eigenvalue weighted by molar-refractivity contribution is 5.94. The first-order valence-electron chi connectivity index (χ1n) is 12.3. The minimum absolute atomic E-state index is 0.0576. The number of nitrogens with one attached hydrogen (secondary N) is 1. The second kappa shape index (κ2) is 13.0. The predicted molar refractivity (Wildman–Crippen MR) is 137 cm³/mol. The lowest BCUT2D eigenvalue weighted by Crippen LogP contribution is -2.29. The van der Waals surface area contributed by atoms with Crippen LogP contribution in [-0.4, -0.2) is 51.0 Å². The molecule has 3 rings (SSSR count). The molecule has 0 fully saturated rings. The van der Waals surface area contributed by atoms with Gasteiger partial charge in [0.1, 0.15) is 17.3 Å². The van der Waals surface area contributed by atoms with Gasteiger partial charge in [-0.25, -0.2) is 4.98 Å². The zero-order valence-electron chi connectivity index (χ0n) is 21.4. The van der Waals surface area contributed by atoms with E-state index in [9.17, 15) is 24.9 Å². The predicted octanol–water partition coefficient (Wildman–Crippen LogP) is 2.25. The standard InChI is InChI=1S/C28H35N3O6/c1-18(2)26-25(28(36)29-17-19-7-5-4-6-8-19)30-27(20-9-11-23(37-3)12-10-20)31(26)14-13-21(32)15-22(33)16-24(34)35/h4-12,18,21-22,32-33H,13-17H2,1-3H3,(H,29,36)(H,34,35)/p-1/t21-,22-/m1/s1. The molecule has 0 saturated heterocycles. The number of hydrogen-bond donors (Lipinski definition) is 3. The van der Waals surface area contributed by atoms with E-state index in [1.54, 1.807) is 7.11 Å². The number of aliphatic hydroxyl groups excluding tert-OH is 2. The SMILES string of the molecule is COc1ccc(-c2nc(C(=O)NCc3ccccc3)c(C(C)C)n2CC[C@@H](O)C[C@@H](O)CC(=O)[O-])cc1. The van der Waals surface area contributed by atoms with Crippen molar-refractivity contribution in [3.63, 3.8) is 0 Å². The van der Waals surface area contributed by atoms with Crippen LogP contribution in [0.3, 0.4) is 0 Å². The molecule has 1 heterocycles. The number of nitrogens with zero attached hydrogens (tertiary/aromatic N) is 2. The Morgan fingerprint density at radius 1 is 1.05 bits per heavy atom. The van der Waals surface area contributed by atoms with Crippen molar-refractivity contribution >= 4 is 11.9 Å². The molecule has 9 nitrogen and oxygen atoms in total. The molecule has 9 heteroatoms. The van der Waals surface area contributed by atoms with Crippen LogP contribution >= 0.6 is 0 Å². The number of carbonyl (C=O) groups excluding carboxylic acids is 2. The van der Waals surface area contributed by atoms with E-state index in [4.69, 9.17) is 9.72 Å². The normalized spacial score (nSPS) is 12.8. The van der Waals surface area contributed by atoms with E-state index in [0.29, 0.717) is 30.4 Å². The second-order valence-corrected chi connectivity index (χ2v) is 9.28. The van der Waals surface area contributed by atoms with E-state index in [1.165, 1.54) is 0 Å². The Morgan fingerprint density at radius 3 is 2.32 bits per heavy atom. The highest BCUT2D eigenvalue weighted by Gasteiger charge is 2.26. The monoisotopic (exact) mass is 508 g/mol. The number of carboxylic acids is 1. The van der Waals surface area contributed by atoms with Crippen LogP contribution in [-0.2, 0) is 17.9 Å². The molecule has 0 saturated carbocycles. The topological polar surface area (TPSA) is 137 Å². The van der Waals surface area contributed by atoms with E-state index >= 15 is 0 Å². The first kappa shape index (κ1) is 27.9. The van der Waals surface area contributed by atoms with Gasteiger partial charge in [-0.05, 0) is 48.6 Å². The van der Waals surface area contributed by atoms with E-state index in [-0.39, 0.29) is 24.7 Å². The first-order valence-corrected chi connectivity index (χ1v) is 12.3. The summed E-state index contributed by atoms with van der Waals surface area (Å²) in [6.07, 6.45) is -2.55. The lowest BCUT2D eigenvalue weighted by molar-refractivity contribution is -0.307. The molecule has 3 aromatic rings. The Labute approximate surface area is 216 Å². The molecule has 0 spiro atoms. The summed E-state index contributed by atoms with van der Waals surface area (Å²) in [4.78, 5) is 28.8. The molecule has 0 radical (unpaired) electrons. The third-order valence-electron chi connectivity index (χ3n) is 6.05. The Hall–Kier alpha value is -3.69. The fourth-order valence-corrected chi connectivity index (χ4v) is 4.25. The molecule has 0 aliphatic heterocycles. The zero-order chi connectivity index (χ0) is 26.9. The summed E-state index contributed by atoms with van der Waals surface area (Å²) in [7, 11) is 1.58. The van der Waals surface area contributed by atoms with Crippen molar-refractivity contribution < 1.29 is 29.6 Å². The van der Waals surface area contributed by atoms with Crippen LogP contribution in [0.25, 0.3) is 11.4 Å². The van der Waals surface area contributed by atoms with Gasteiger partial charge in [0.25, 0.3) is 5.91 Å². The number of aromatic nitrogens is 2. The number of amides is 1. The number of aliphatic carboxylic acids is 1. The zero-order valence-corrected chi connectivity index (χ0v) is 21.4. The van der Waals surface area contributed by atoms with E-state index in [0.717, 1.165) is 16.8 Å². The number of rotatable bonds is 13. The van der Waals surface area contributed by atoms with Crippen LogP contribution in [0.5, 0.6) is 5.75 Å². The van der Waals surface area contributed by atoms with Crippen molar-refractivity contribution in [1.82, 2.24) is 14.9 Å². The molecule has 1 aromatic heterocycles. The van der Waals surface area contributed by atoms with Crippen molar-refractivity contribution in [1.29, 1.82) is 0 Å². The van der Waals surface area contributed by atoms with Crippen molar-refractivity contribution in [3.8, 4) is 17.1 Å². The number of imidazole rings is 1. The lowest BCUT2D eigenvalue weighted by atomic mass is 10.0. The van der Waals surface area contributed by atoms with Gasteiger partial charge in [0.15, 0.2) is 0 Å². The maximum absolute atomic E-state index is 13.3. The maximum Gasteiger partial charge on any atom is 0.272 e. The summed E-state index contributed by atoms with van der Waals surface area (Å²) in [5.41, 5.74) is 2.77. The molecule has 0 unspecified atom stereocenters. The third kappa shape index (κ3) is 7.65. The summed E-state index contributed by atoms with van der Waals surface area (Å²) >= 11 is 0. The molecule has 37 heavy (non-hydrogen) atoms. The second-order valence-electron chi connectivity index (χ2n) is 9.28. The van der Waals surface area contributed by atoms with Gasteiger partial charge in [-0.15, -0.1) is 0 Å². The quantitative estimate of drug-likeness (QED) is 0.322. The molecule has 2 atom stereocenters. The number of aliphatic hydroxyl groups is 2. The van der Waals surface area contributed by atoms with E-state index in [2.05, 4.69) is 5.32 Å². The first-order chi connectivity index (χ1) is 17.7. The molecule has 3 N–H and O–H groups in total. The summed E-state index contributed by atoms with van der Waals surface area (Å²) in [6.45, 7) is 4.61. The number of benzene rings is 2. The van der Waals surface area contributed by atoms with Crippen LogP contribution in [0.4, 0.5) is 0 Å². The van der Waals surface area contributed by atoms with Crippen molar-refractivity contribution in [2.24, 2.45) is 0 Å². The van der Waals surface area contributed by atoms with Crippen LogP contribution in [0.15, 0.2) is 54.6 Å². The molecule has 0 bridgehead atoms. The van der Waals surface area contributed by atoms with E-state index < -0.39 is 24.6 Å². The highest BCUT2D eigenvalue weighted by Crippen LogP contribution is 2.30. The molecular weight excluding hydrogens is 474 g/mol. The van der Waals surface area contributed by atoms with Gasteiger partial charge in [0.05, 0.1) is 25.0 Å². The third-order valence-corrected chi connectivity index (χ3v) is 6.05. The molecule has 2 aromatic carbocycles. The van der Waals surface area contributed by atoms with Gasteiger partial charge < -0.3 is 34.7 Å². The number of hydrogen-bond acceptors (Lipinski definition) is 7. The minimum Gasteiger partial charge on any atom is -0.550 e. The van der Waals surface area contributed by atoms with Crippen molar-refractivity contribution in [2.75, 3.05) is 7.11 Å². The molecule has 0 aliphatic carbocycles. The van der Waals surface area contributed by atoms with E-state index in [1.807, 2.05) is 73.0 Å². The maximum atomic E-state index is 13.3. The number of carbonyl (C=O) groups is 2. The fourth-order valence-electron chi connectivity index (χ4n) is 4.25. The molecular formula is C28H34N3O6-. The Morgan fingerprint density at radius 2 is 1.73 bits per heavy atom. The summed E-state index contributed by atoms with van der Waals surface area (Å²) < 4.78 is 7.18. The van der Waals surface area contributed by atoms with Gasteiger partial charge in [0.2, 0.25) is 0 Å². The number of ether oxygens (including phenoxy) is 1. The van der Waals surface area contributed by atoms with Crippen LogP contribution < -0.4 is 15.2 Å². The minimum atomic E-state index is -1.37. The van der Waals surface area contributed by atoms with Crippen molar-refractivity contribution in [2.45, 2.75) is 64.3 Å². The molecule has 1 amide bonds. The lowest BCUT2D eigenvalue weighted by Gasteiger charge is -2.19. The average molecular weight is 509 g/mol. The highest BCUT2D eigenvalue weighted by atomic mass is 16.5. The number of carboxylic acid groups (broad SMARTS) is 1. The Balaban J connectivity index is 1.91. The Bertz CT molecular complexity index is 1170. The van der Waals surface area contributed by atoms with Gasteiger partial charge in [-0.3, -0.25) is 4.79 Å². The largest absolute Gasteiger partial charge is 0.550 e. The van der Waals surface area contributed by atoms with Gasteiger partial charge >= 0.3 is 0 Å². The smallest absolute Gasteiger partial charge is 0.272 e. The fraction of sp³-hybridized carbons (Fsp3) is 0.393. The Kier molecular flexibility index (Phi) is 9.82. The van der Waals surface area contributed by atoms with Gasteiger partial charge in [-0.2, -0.15) is 0 Å². The summed E-state index contributed by atoms with van der Waals surface area (Å²) in [5, 5.41) is 34.0. The van der Waals surface area contributed by atoms with Gasteiger partial charge in [0, 0.05) is 31.0 Å². The summed E-state index contributed by atoms with van der Waals surface area (Å²) in [5.74, 6) is -0.476. The van der Waals surface area contributed by atoms with Crippen LogP contribution in [0, 0.1) is 0 Å². The number of methoxy groups -OCH3 is 1. The average Bonchev–Trinajstić information content (AvgIpc) is 3.26. The van der Waals surface area contributed by atoms with Crippen molar-refractivity contribution in [3.05, 3.63) is 71.5 Å².